The highest BCUT2D eigenvalue weighted by Crippen LogP contribution is 2.44. The number of benzene rings is 9. The fraction of sp³-hybridized carbons (Fsp3) is 0. The second kappa shape index (κ2) is 12.6. The van der Waals surface area contributed by atoms with Crippen molar-refractivity contribution < 1.29 is 4.42 Å². The van der Waals surface area contributed by atoms with Gasteiger partial charge >= 0.3 is 0 Å². The van der Waals surface area contributed by atoms with Gasteiger partial charge in [0, 0.05) is 44.2 Å². The van der Waals surface area contributed by atoms with Crippen molar-refractivity contribution in [3.8, 4) is 28.3 Å². The van der Waals surface area contributed by atoms with Crippen LogP contribution in [-0.4, -0.2) is 9.55 Å². The largest absolute Gasteiger partial charge is 0.436 e. The number of rotatable bonds is 6. The molecule has 0 radical (unpaired) electrons. The van der Waals surface area contributed by atoms with Crippen molar-refractivity contribution in [3.63, 3.8) is 0 Å². The van der Waals surface area contributed by atoms with Gasteiger partial charge in [-0.1, -0.05) is 115 Å². The highest BCUT2D eigenvalue weighted by atomic mass is 16.3. The number of oxazole rings is 1. The van der Waals surface area contributed by atoms with Gasteiger partial charge in [0.05, 0.1) is 16.7 Å². The zero-order chi connectivity index (χ0) is 36.3. The van der Waals surface area contributed by atoms with Crippen molar-refractivity contribution in [2.75, 3.05) is 4.90 Å². The summed E-state index contributed by atoms with van der Waals surface area (Å²) in [6.45, 7) is 0. The van der Waals surface area contributed by atoms with Gasteiger partial charge in [0.1, 0.15) is 5.52 Å². The maximum Gasteiger partial charge on any atom is 0.227 e. The second-order valence-electron chi connectivity index (χ2n) is 14.0. The minimum absolute atomic E-state index is 0.620. The predicted octanol–water partition coefficient (Wildman–Crippen LogP) is 14.0. The van der Waals surface area contributed by atoms with E-state index in [0.717, 1.165) is 50.2 Å². The number of aromatic nitrogens is 2. The SMILES string of the molecule is c1ccc(-c2nc3c(ccc4c(N(c5ccc(-c6ccc7ccccc7c6)cc5)c5ccc6c(c5)c5ccccc5n6-c5ccccc5)cccc43)o2)cc1. The topological polar surface area (TPSA) is 34.2 Å². The van der Waals surface area contributed by atoms with Gasteiger partial charge in [-0.3, -0.25) is 0 Å². The number of nitrogens with zero attached hydrogens (tertiary/aromatic N) is 3. The number of fused-ring (bicyclic) bond motifs is 7. The molecule has 258 valence electrons. The molecule has 4 heteroatoms. The van der Waals surface area contributed by atoms with Crippen LogP contribution in [0.1, 0.15) is 0 Å². The molecule has 0 aliphatic carbocycles. The summed E-state index contributed by atoms with van der Waals surface area (Å²) in [5.41, 5.74) is 11.6. The van der Waals surface area contributed by atoms with Gasteiger partial charge < -0.3 is 13.9 Å². The smallest absolute Gasteiger partial charge is 0.227 e. The predicted molar refractivity (Wildman–Crippen MR) is 229 cm³/mol. The summed E-state index contributed by atoms with van der Waals surface area (Å²) in [5.74, 6) is 0.620. The molecule has 0 amide bonds. The summed E-state index contributed by atoms with van der Waals surface area (Å²) in [5, 5.41) is 7.02. The Labute approximate surface area is 317 Å². The van der Waals surface area contributed by atoms with Crippen LogP contribution in [0.2, 0.25) is 0 Å². The Balaban J connectivity index is 1.11. The molecule has 2 heterocycles. The first-order valence-corrected chi connectivity index (χ1v) is 18.6. The van der Waals surface area contributed by atoms with Crippen LogP contribution in [0.3, 0.4) is 0 Å². The highest BCUT2D eigenvalue weighted by molar-refractivity contribution is 6.13. The van der Waals surface area contributed by atoms with Crippen LogP contribution in [0.5, 0.6) is 0 Å². The highest BCUT2D eigenvalue weighted by Gasteiger charge is 2.21. The lowest BCUT2D eigenvalue weighted by molar-refractivity contribution is 0.620. The molecule has 11 aromatic rings. The molecule has 9 aromatic carbocycles. The first-order valence-electron chi connectivity index (χ1n) is 18.6. The first-order chi connectivity index (χ1) is 27.3. The Hall–Kier alpha value is -7.43. The fourth-order valence-corrected chi connectivity index (χ4v) is 8.19. The van der Waals surface area contributed by atoms with Gasteiger partial charge in [0.25, 0.3) is 0 Å². The van der Waals surface area contributed by atoms with Gasteiger partial charge in [-0.2, -0.15) is 0 Å². The third-order valence-corrected chi connectivity index (χ3v) is 10.8. The standard InChI is InChI=1S/C51H33N3O/c1-3-13-36(14-4-1)51-52-50-44-19-11-21-46(43(44)29-31-49(50)55-51)53(40-26-24-35(25-27-40)38-23-22-34-12-7-8-15-37(34)32-38)41-28-30-48-45(33-41)42-18-9-10-20-47(42)54(48)39-16-5-2-6-17-39/h1-33H. The van der Waals surface area contributed by atoms with Gasteiger partial charge in [-0.25, -0.2) is 4.98 Å². The van der Waals surface area contributed by atoms with E-state index in [1.54, 1.807) is 0 Å². The molecular weight excluding hydrogens is 671 g/mol. The maximum atomic E-state index is 6.31. The molecule has 0 bridgehead atoms. The summed E-state index contributed by atoms with van der Waals surface area (Å²) in [4.78, 5) is 7.42. The Morgan fingerprint density at radius 3 is 1.96 bits per heavy atom. The molecule has 0 atom stereocenters. The third kappa shape index (κ3) is 5.19. The van der Waals surface area contributed by atoms with E-state index in [1.165, 1.54) is 43.7 Å². The van der Waals surface area contributed by atoms with Crippen LogP contribution in [0.25, 0.3) is 82.7 Å². The molecule has 2 aromatic heterocycles. The Morgan fingerprint density at radius 2 is 1.11 bits per heavy atom. The van der Waals surface area contributed by atoms with E-state index in [-0.39, 0.29) is 0 Å². The van der Waals surface area contributed by atoms with Gasteiger partial charge in [-0.15, -0.1) is 0 Å². The lowest BCUT2D eigenvalue weighted by Crippen LogP contribution is -2.10. The normalized spacial score (nSPS) is 11.6. The van der Waals surface area contributed by atoms with E-state index in [0.29, 0.717) is 5.89 Å². The van der Waals surface area contributed by atoms with Crippen molar-refractivity contribution in [2.24, 2.45) is 0 Å². The average molecular weight is 704 g/mol. The quantitative estimate of drug-likeness (QED) is 0.173. The molecule has 4 nitrogen and oxygen atoms in total. The molecular formula is C51H33N3O. The molecule has 0 saturated heterocycles. The Kier molecular flexibility index (Phi) is 7.14. The Morgan fingerprint density at radius 1 is 0.418 bits per heavy atom. The van der Waals surface area contributed by atoms with E-state index >= 15 is 0 Å². The minimum Gasteiger partial charge on any atom is -0.436 e. The van der Waals surface area contributed by atoms with E-state index in [1.807, 2.05) is 30.3 Å². The van der Waals surface area contributed by atoms with Crippen LogP contribution < -0.4 is 4.90 Å². The molecule has 55 heavy (non-hydrogen) atoms. The zero-order valence-corrected chi connectivity index (χ0v) is 29.8. The number of hydrogen-bond acceptors (Lipinski definition) is 3. The van der Waals surface area contributed by atoms with Crippen molar-refractivity contribution in [3.05, 3.63) is 200 Å². The molecule has 0 aliphatic rings. The second-order valence-corrected chi connectivity index (χ2v) is 14.0. The Bertz CT molecular complexity index is 3200. The first kappa shape index (κ1) is 31.1. The summed E-state index contributed by atoms with van der Waals surface area (Å²) >= 11 is 0. The molecule has 11 rings (SSSR count). The number of anilines is 3. The van der Waals surface area contributed by atoms with Crippen LogP contribution in [0.4, 0.5) is 17.1 Å². The van der Waals surface area contributed by atoms with Gasteiger partial charge in [0.15, 0.2) is 5.58 Å². The van der Waals surface area contributed by atoms with Crippen molar-refractivity contribution >= 4 is 71.5 Å². The van der Waals surface area contributed by atoms with Crippen molar-refractivity contribution in [1.29, 1.82) is 0 Å². The van der Waals surface area contributed by atoms with Crippen LogP contribution in [0.15, 0.2) is 205 Å². The fourth-order valence-electron chi connectivity index (χ4n) is 8.19. The summed E-state index contributed by atoms with van der Waals surface area (Å²) < 4.78 is 8.68. The molecule has 0 unspecified atom stereocenters. The lowest BCUT2D eigenvalue weighted by atomic mass is 10.0. The molecule has 0 fully saturated rings. The van der Waals surface area contributed by atoms with Gasteiger partial charge in [0.2, 0.25) is 5.89 Å². The van der Waals surface area contributed by atoms with E-state index in [2.05, 4.69) is 179 Å². The maximum absolute atomic E-state index is 6.31. The van der Waals surface area contributed by atoms with Crippen LogP contribution in [0, 0.1) is 0 Å². The summed E-state index contributed by atoms with van der Waals surface area (Å²) in [6, 6.07) is 71.1. The number of hydrogen-bond donors (Lipinski definition) is 0. The lowest BCUT2D eigenvalue weighted by Gasteiger charge is -2.27. The molecule has 0 spiro atoms. The third-order valence-electron chi connectivity index (χ3n) is 10.8. The van der Waals surface area contributed by atoms with E-state index in [4.69, 9.17) is 9.40 Å². The van der Waals surface area contributed by atoms with Crippen LogP contribution >= 0.6 is 0 Å². The minimum atomic E-state index is 0.620. The number of para-hydroxylation sites is 2. The summed E-state index contributed by atoms with van der Waals surface area (Å²) in [7, 11) is 0. The van der Waals surface area contributed by atoms with E-state index < -0.39 is 0 Å². The van der Waals surface area contributed by atoms with Crippen molar-refractivity contribution in [2.45, 2.75) is 0 Å². The summed E-state index contributed by atoms with van der Waals surface area (Å²) in [6.07, 6.45) is 0. The van der Waals surface area contributed by atoms with Crippen LogP contribution in [-0.2, 0) is 0 Å². The zero-order valence-electron chi connectivity index (χ0n) is 29.8. The average Bonchev–Trinajstić information content (AvgIpc) is 3.85. The molecule has 0 aliphatic heterocycles. The monoisotopic (exact) mass is 703 g/mol. The molecule has 0 saturated carbocycles. The van der Waals surface area contributed by atoms with E-state index in [9.17, 15) is 0 Å². The van der Waals surface area contributed by atoms with Gasteiger partial charge in [-0.05, 0) is 107 Å². The van der Waals surface area contributed by atoms with Crippen molar-refractivity contribution in [1.82, 2.24) is 9.55 Å². The molecule has 0 N–H and O–H groups in total.